The van der Waals surface area contributed by atoms with E-state index in [2.05, 4.69) is 35.1 Å². The smallest absolute Gasteiger partial charge is 0.191 e. The third kappa shape index (κ3) is 4.50. The van der Waals surface area contributed by atoms with E-state index in [4.69, 9.17) is 4.98 Å². The molecule has 2 rings (SSSR count). The van der Waals surface area contributed by atoms with Crippen LogP contribution in [0.5, 0.6) is 0 Å². The first-order chi connectivity index (χ1) is 10.1. The second-order valence-corrected chi connectivity index (χ2v) is 6.94. The Morgan fingerprint density at radius 3 is 2.62 bits per heavy atom. The Hall–Kier alpha value is -0.970. The Morgan fingerprint density at radius 1 is 1.33 bits per heavy atom. The van der Waals surface area contributed by atoms with E-state index in [1.807, 2.05) is 13.3 Å². The first-order valence-electron chi connectivity index (χ1n) is 8.01. The molecule has 1 aliphatic rings. The van der Waals surface area contributed by atoms with Gasteiger partial charge in [0, 0.05) is 25.7 Å². The molecule has 1 aromatic rings. The van der Waals surface area contributed by atoms with Crippen LogP contribution in [0.2, 0.25) is 0 Å². The van der Waals surface area contributed by atoms with Gasteiger partial charge in [0.2, 0.25) is 0 Å². The summed E-state index contributed by atoms with van der Waals surface area (Å²) < 4.78 is 0. The lowest BCUT2D eigenvalue weighted by molar-refractivity contribution is 0.523. The Bertz CT molecular complexity index is 422. The monoisotopic (exact) mass is 308 g/mol. The third-order valence-corrected chi connectivity index (χ3v) is 4.69. The van der Waals surface area contributed by atoms with Crippen molar-refractivity contribution in [1.29, 1.82) is 0 Å². The van der Waals surface area contributed by atoms with Crippen molar-refractivity contribution in [3.63, 3.8) is 0 Å². The largest absolute Gasteiger partial charge is 0.373 e. The van der Waals surface area contributed by atoms with Gasteiger partial charge in [0.25, 0.3) is 0 Å². The number of nitrogens with one attached hydrogen (secondary N) is 1. The van der Waals surface area contributed by atoms with Gasteiger partial charge in [-0.2, -0.15) is 0 Å². The van der Waals surface area contributed by atoms with Crippen LogP contribution < -0.4 is 10.2 Å². The van der Waals surface area contributed by atoms with Crippen LogP contribution in [0.3, 0.4) is 0 Å². The molecule has 1 aliphatic carbocycles. The minimum Gasteiger partial charge on any atom is -0.373 e. The molecule has 0 radical (unpaired) electrons. The van der Waals surface area contributed by atoms with Crippen molar-refractivity contribution in [2.24, 2.45) is 5.92 Å². The van der Waals surface area contributed by atoms with Crippen LogP contribution in [0, 0.1) is 5.92 Å². The molecule has 21 heavy (non-hydrogen) atoms. The van der Waals surface area contributed by atoms with Gasteiger partial charge in [0.15, 0.2) is 5.16 Å². The summed E-state index contributed by atoms with van der Waals surface area (Å²) in [7, 11) is 1.92. The highest BCUT2D eigenvalue weighted by Gasteiger charge is 2.24. The van der Waals surface area contributed by atoms with Crippen LogP contribution in [-0.2, 0) is 0 Å². The molecule has 118 valence electrons. The summed E-state index contributed by atoms with van der Waals surface area (Å²) in [6, 6.07) is 2.75. The Balaban J connectivity index is 2.25. The van der Waals surface area contributed by atoms with Crippen molar-refractivity contribution < 1.29 is 0 Å². The van der Waals surface area contributed by atoms with Gasteiger partial charge in [-0.15, -0.1) is 0 Å². The van der Waals surface area contributed by atoms with Crippen molar-refractivity contribution >= 4 is 23.4 Å². The number of anilines is 2. The molecule has 1 fully saturated rings. The minimum atomic E-state index is 0.651. The van der Waals surface area contributed by atoms with Crippen LogP contribution in [0.1, 0.15) is 46.0 Å². The molecule has 0 spiro atoms. The fourth-order valence-electron chi connectivity index (χ4n) is 2.88. The van der Waals surface area contributed by atoms with Crippen LogP contribution in [0.15, 0.2) is 11.2 Å². The van der Waals surface area contributed by atoms with Gasteiger partial charge in [-0.25, -0.2) is 9.97 Å². The maximum atomic E-state index is 4.76. The second-order valence-electron chi connectivity index (χ2n) is 6.16. The average Bonchev–Trinajstić information content (AvgIpc) is 3.00. The van der Waals surface area contributed by atoms with Gasteiger partial charge in [0.05, 0.1) is 0 Å². The maximum absolute atomic E-state index is 4.76. The van der Waals surface area contributed by atoms with Crippen LogP contribution in [0.25, 0.3) is 0 Å². The molecule has 1 saturated carbocycles. The normalized spacial score (nSPS) is 15.7. The summed E-state index contributed by atoms with van der Waals surface area (Å²) in [6.45, 7) is 5.68. The maximum Gasteiger partial charge on any atom is 0.191 e. The van der Waals surface area contributed by atoms with Gasteiger partial charge < -0.3 is 10.2 Å². The van der Waals surface area contributed by atoms with Crippen LogP contribution >= 0.6 is 11.8 Å². The third-order valence-electron chi connectivity index (χ3n) is 4.14. The molecule has 0 bridgehead atoms. The molecule has 4 nitrogen and oxygen atoms in total. The quantitative estimate of drug-likeness (QED) is 0.608. The van der Waals surface area contributed by atoms with Crippen molar-refractivity contribution in [2.45, 2.75) is 57.1 Å². The number of aromatic nitrogens is 2. The van der Waals surface area contributed by atoms with Crippen molar-refractivity contribution in [3.05, 3.63) is 6.07 Å². The Morgan fingerprint density at radius 2 is 2.05 bits per heavy atom. The van der Waals surface area contributed by atoms with E-state index in [1.54, 1.807) is 11.8 Å². The van der Waals surface area contributed by atoms with E-state index < -0.39 is 0 Å². The number of hydrogen-bond donors (Lipinski definition) is 1. The van der Waals surface area contributed by atoms with E-state index in [9.17, 15) is 0 Å². The van der Waals surface area contributed by atoms with Gasteiger partial charge in [-0.3, -0.25) is 0 Å². The molecule has 5 heteroatoms. The van der Waals surface area contributed by atoms with Crippen molar-refractivity contribution in [1.82, 2.24) is 9.97 Å². The standard InChI is InChI=1S/C16H28N4S/c1-12(2)9-10-20(13-7-5-6-8-13)15-11-14(17-3)18-16(19-15)21-4/h11-13H,5-10H2,1-4H3,(H,17,18,19). The van der Waals surface area contributed by atoms with E-state index in [-0.39, 0.29) is 0 Å². The fourth-order valence-corrected chi connectivity index (χ4v) is 3.25. The van der Waals surface area contributed by atoms with Crippen molar-refractivity contribution in [3.8, 4) is 0 Å². The second kappa shape index (κ2) is 7.87. The zero-order valence-electron chi connectivity index (χ0n) is 13.7. The Labute approximate surface area is 133 Å². The molecule has 0 aromatic carbocycles. The van der Waals surface area contributed by atoms with E-state index >= 15 is 0 Å². The topological polar surface area (TPSA) is 41.0 Å². The summed E-state index contributed by atoms with van der Waals surface area (Å²) in [6.07, 6.45) is 8.54. The van der Waals surface area contributed by atoms with E-state index in [0.29, 0.717) is 6.04 Å². The van der Waals surface area contributed by atoms with Gasteiger partial charge >= 0.3 is 0 Å². The predicted molar refractivity (Wildman–Crippen MR) is 92.4 cm³/mol. The minimum absolute atomic E-state index is 0.651. The van der Waals surface area contributed by atoms with Crippen molar-refractivity contribution in [2.75, 3.05) is 30.1 Å². The summed E-state index contributed by atoms with van der Waals surface area (Å²) >= 11 is 1.61. The molecule has 0 aliphatic heterocycles. The van der Waals surface area contributed by atoms with E-state index in [1.165, 1.54) is 32.1 Å². The SMILES string of the molecule is CNc1cc(N(CCC(C)C)C2CCCC2)nc(SC)n1. The summed E-state index contributed by atoms with van der Waals surface area (Å²) in [5, 5.41) is 4.01. The highest BCUT2D eigenvalue weighted by molar-refractivity contribution is 7.98. The number of hydrogen-bond acceptors (Lipinski definition) is 5. The van der Waals surface area contributed by atoms with Crippen LogP contribution in [0.4, 0.5) is 11.6 Å². The highest BCUT2D eigenvalue weighted by Crippen LogP contribution is 2.29. The molecule has 1 N–H and O–H groups in total. The van der Waals surface area contributed by atoms with Gasteiger partial charge in [-0.1, -0.05) is 38.5 Å². The lowest BCUT2D eigenvalue weighted by Gasteiger charge is -2.31. The molecular formula is C16H28N4S. The molecule has 0 unspecified atom stereocenters. The fraction of sp³-hybridized carbons (Fsp3) is 0.750. The van der Waals surface area contributed by atoms with E-state index in [0.717, 1.165) is 29.3 Å². The molecular weight excluding hydrogens is 280 g/mol. The first kappa shape index (κ1) is 16.4. The molecule has 0 saturated heterocycles. The van der Waals surface area contributed by atoms with Gasteiger partial charge in [0.1, 0.15) is 11.6 Å². The lowest BCUT2D eigenvalue weighted by Crippen LogP contribution is -2.35. The molecule has 0 amide bonds. The van der Waals surface area contributed by atoms with Crippen LogP contribution in [-0.4, -0.2) is 35.9 Å². The Kier molecular flexibility index (Phi) is 6.15. The molecule has 1 heterocycles. The summed E-state index contributed by atoms with van der Waals surface area (Å²) in [5.41, 5.74) is 0. The number of thioether (sulfide) groups is 1. The highest BCUT2D eigenvalue weighted by atomic mass is 32.2. The lowest BCUT2D eigenvalue weighted by atomic mass is 10.1. The number of rotatable bonds is 7. The first-order valence-corrected chi connectivity index (χ1v) is 9.24. The molecule has 1 aromatic heterocycles. The zero-order chi connectivity index (χ0) is 15.2. The summed E-state index contributed by atoms with van der Waals surface area (Å²) in [4.78, 5) is 11.8. The zero-order valence-corrected chi connectivity index (χ0v) is 14.5. The predicted octanol–water partition coefficient (Wildman–Crippen LogP) is 4.04. The average molecular weight is 308 g/mol. The number of nitrogens with zero attached hydrogens (tertiary/aromatic N) is 3. The molecule has 0 atom stereocenters. The summed E-state index contributed by atoms with van der Waals surface area (Å²) in [5.74, 6) is 2.72. The van der Waals surface area contributed by atoms with Gasteiger partial charge in [-0.05, 0) is 31.4 Å².